The van der Waals surface area contributed by atoms with Crippen molar-refractivity contribution in [1.82, 2.24) is 4.98 Å². The monoisotopic (exact) mass is 218 g/mol. The topological polar surface area (TPSA) is 33.2 Å². The molecule has 3 nitrogen and oxygen atoms in total. The van der Waals surface area contributed by atoms with Gasteiger partial charge in [-0.25, -0.2) is 4.98 Å². The van der Waals surface area contributed by atoms with Crippen LogP contribution in [0.4, 0.5) is 5.82 Å². The highest BCUT2D eigenvalue weighted by Crippen LogP contribution is 2.18. The van der Waals surface area contributed by atoms with E-state index in [4.69, 9.17) is 0 Å². The third-order valence-corrected chi connectivity index (χ3v) is 2.94. The molecule has 0 aliphatic carbocycles. The Kier molecular flexibility index (Phi) is 3.22. The molecule has 1 aliphatic rings. The fourth-order valence-corrected chi connectivity index (χ4v) is 1.98. The van der Waals surface area contributed by atoms with Gasteiger partial charge in [-0.1, -0.05) is 19.9 Å². The second kappa shape index (κ2) is 4.64. The Balaban J connectivity index is 2.22. The number of rotatable bonds is 3. The number of aromatic nitrogens is 1. The van der Waals surface area contributed by atoms with Crippen molar-refractivity contribution in [2.45, 2.75) is 26.7 Å². The quantitative estimate of drug-likeness (QED) is 0.731. The third kappa shape index (κ3) is 2.23. The molecule has 0 radical (unpaired) electrons. The average Bonchev–Trinajstić information content (AvgIpc) is 2.81. The fraction of sp³-hybridized carbons (Fsp3) is 0.538. The molecule has 16 heavy (non-hydrogen) atoms. The van der Waals surface area contributed by atoms with E-state index >= 15 is 0 Å². The number of hydrogen-bond acceptors (Lipinski definition) is 3. The van der Waals surface area contributed by atoms with Gasteiger partial charge in [-0.2, -0.15) is 0 Å². The molecule has 0 N–H and O–H groups in total. The number of carbonyl (C=O) groups is 1. The van der Waals surface area contributed by atoms with Gasteiger partial charge >= 0.3 is 0 Å². The van der Waals surface area contributed by atoms with Crippen LogP contribution in [0.3, 0.4) is 0 Å². The molecule has 0 atom stereocenters. The summed E-state index contributed by atoms with van der Waals surface area (Å²) in [5.41, 5.74) is 0.597. The van der Waals surface area contributed by atoms with Crippen molar-refractivity contribution in [3.8, 4) is 0 Å². The SMILES string of the molecule is CC(C)C(=O)c1cccc(N2CCCC2)n1. The maximum Gasteiger partial charge on any atom is 0.183 e. The normalized spacial score (nSPS) is 15.8. The van der Waals surface area contributed by atoms with Gasteiger partial charge < -0.3 is 4.90 Å². The Morgan fingerprint density at radius 1 is 1.31 bits per heavy atom. The fourth-order valence-electron chi connectivity index (χ4n) is 1.98. The van der Waals surface area contributed by atoms with E-state index in [9.17, 15) is 4.79 Å². The number of pyridine rings is 1. The van der Waals surface area contributed by atoms with Crippen LogP contribution in [0.15, 0.2) is 18.2 Å². The molecule has 3 heteroatoms. The van der Waals surface area contributed by atoms with Gasteiger partial charge in [0.15, 0.2) is 5.78 Å². The first-order valence-electron chi connectivity index (χ1n) is 5.94. The average molecular weight is 218 g/mol. The van der Waals surface area contributed by atoms with Crippen LogP contribution in [0.25, 0.3) is 0 Å². The van der Waals surface area contributed by atoms with Crippen LogP contribution in [0.1, 0.15) is 37.2 Å². The summed E-state index contributed by atoms with van der Waals surface area (Å²) in [7, 11) is 0. The van der Waals surface area contributed by atoms with Crippen LogP contribution in [0.2, 0.25) is 0 Å². The van der Waals surface area contributed by atoms with Crippen LogP contribution in [0.5, 0.6) is 0 Å². The summed E-state index contributed by atoms with van der Waals surface area (Å²) in [6.45, 7) is 5.94. The zero-order valence-electron chi connectivity index (χ0n) is 9.94. The van der Waals surface area contributed by atoms with E-state index in [0.29, 0.717) is 5.69 Å². The van der Waals surface area contributed by atoms with E-state index < -0.39 is 0 Å². The van der Waals surface area contributed by atoms with Gasteiger partial charge in [0.2, 0.25) is 0 Å². The molecule has 1 aromatic heterocycles. The summed E-state index contributed by atoms with van der Waals surface area (Å²) in [5.74, 6) is 1.09. The van der Waals surface area contributed by atoms with Crippen molar-refractivity contribution in [3.63, 3.8) is 0 Å². The van der Waals surface area contributed by atoms with E-state index in [1.807, 2.05) is 32.0 Å². The Hall–Kier alpha value is -1.38. The highest BCUT2D eigenvalue weighted by molar-refractivity contribution is 5.95. The molecule has 1 saturated heterocycles. The van der Waals surface area contributed by atoms with Gasteiger partial charge in [0.25, 0.3) is 0 Å². The predicted octanol–water partition coefficient (Wildman–Crippen LogP) is 2.52. The van der Waals surface area contributed by atoms with Crippen molar-refractivity contribution in [3.05, 3.63) is 23.9 Å². The lowest BCUT2D eigenvalue weighted by Crippen LogP contribution is -2.20. The predicted molar refractivity (Wildman–Crippen MR) is 64.9 cm³/mol. The van der Waals surface area contributed by atoms with Crippen molar-refractivity contribution in [2.75, 3.05) is 18.0 Å². The number of nitrogens with zero attached hydrogens (tertiary/aromatic N) is 2. The molecule has 0 bridgehead atoms. The first-order valence-corrected chi connectivity index (χ1v) is 5.94. The molecule has 0 aromatic carbocycles. The first kappa shape index (κ1) is 11.1. The smallest absolute Gasteiger partial charge is 0.183 e. The highest BCUT2D eigenvalue weighted by atomic mass is 16.1. The number of hydrogen-bond donors (Lipinski definition) is 0. The van der Waals surface area contributed by atoms with Gasteiger partial charge in [-0.15, -0.1) is 0 Å². The molecule has 0 amide bonds. The summed E-state index contributed by atoms with van der Waals surface area (Å²) in [5, 5.41) is 0. The lowest BCUT2D eigenvalue weighted by Gasteiger charge is -2.16. The lowest BCUT2D eigenvalue weighted by molar-refractivity contribution is 0.0934. The molecule has 1 aromatic rings. The van der Waals surface area contributed by atoms with Crippen LogP contribution < -0.4 is 4.90 Å². The van der Waals surface area contributed by atoms with E-state index in [2.05, 4.69) is 9.88 Å². The van der Waals surface area contributed by atoms with Gasteiger partial charge in [0.05, 0.1) is 0 Å². The highest BCUT2D eigenvalue weighted by Gasteiger charge is 2.16. The van der Waals surface area contributed by atoms with Crippen molar-refractivity contribution in [2.24, 2.45) is 5.92 Å². The maximum atomic E-state index is 11.8. The van der Waals surface area contributed by atoms with Crippen LogP contribution >= 0.6 is 0 Å². The second-order valence-corrected chi connectivity index (χ2v) is 4.59. The van der Waals surface area contributed by atoms with Gasteiger partial charge in [-0.05, 0) is 25.0 Å². The van der Waals surface area contributed by atoms with E-state index in [-0.39, 0.29) is 11.7 Å². The van der Waals surface area contributed by atoms with E-state index in [1.54, 1.807) is 0 Å². The molecule has 1 aliphatic heterocycles. The van der Waals surface area contributed by atoms with E-state index in [1.165, 1.54) is 12.8 Å². The summed E-state index contributed by atoms with van der Waals surface area (Å²) < 4.78 is 0. The minimum atomic E-state index is 0.0151. The number of ketones is 1. The standard InChI is InChI=1S/C13H18N2O/c1-10(2)13(16)11-6-5-7-12(14-11)15-8-3-4-9-15/h5-7,10H,3-4,8-9H2,1-2H3. The molecule has 0 saturated carbocycles. The first-order chi connectivity index (χ1) is 7.68. The maximum absolute atomic E-state index is 11.8. The van der Waals surface area contributed by atoms with Gasteiger partial charge in [-0.3, -0.25) is 4.79 Å². The summed E-state index contributed by atoms with van der Waals surface area (Å²) in [4.78, 5) is 18.5. The number of anilines is 1. The third-order valence-electron chi connectivity index (χ3n) is 2.94. The Bertz CT molecular complexity index is 381. The van der Waals surface area contributed by atoms with Crippen molar-refractivity contribution >= 4 is 11.6 Å². The Morgan fingerprint density at radius 2 is 2.00 bits per heavy atom. The van der Waals surface area contributed by atoms with Gasteiger partial charge in [0, 0.05) is 19.0 Å². The molecule has 2 heterocycles. The van der Waals surface area contributed by atoms with Crippen molar-refractivity contribution in [1.29, 1.82) is 0 Å². The summed E-state index contributed by atoms with van der Waals surface area (Å²) in [6, 6.07) is 5.72. The zero-order valence-corrected chi connectivity index (χ0v) is 9.94. The molecular formula is C13H18N2O. The van der Waals surface area contributed by atoms with E-state index in [0.717, 1.165) is 18.9 Å². The van der Waals surface area contributed by atoms with Crippen LogP contribution in [0, 0.1) is 5.92 Å². The van der Waals surface area contributed by atoms with Gasteiger partial charge in [0.1, 0.15) is 11.5 Å². The second-order valence-electron chi connectivity index (χ2n) is 4.59. The number of Topliss-reactive ketones (excluding diaryl/α,β-unsaturated/α-hetero) is 1. The molecule has 0 unspecified atom stereocenters. The molecular weight excluding hydrogens is 200 g/mol. The molecule has 2 rings (SSSR count). The number of carbonyl (C=O) groups excluding carboxylic acids is 1. The molecule has 1 fully saturated rings. The van der Waals surface area contributed by atoms with Crippen LogP contribution in [-0.2, 0) is 0 Å². The lowest BCUT2D eigenvalue weighted by atomic mass is 10.1. The molecule has 86 valence electrons. The minimum Gasteiger partial charge on any atom is -0.357 e. The minimum absolute atomic E-state index is 0.0151. The molecule has 0 spiro atoms. The Morgan fingerprint density at radius 3 is 2.62 bits per heavy atom. The summed E-state index contributed by atoms with van der Waals surface area (Å²) in [6.07, 6.45) is 2.45. The van der Waals surface area contributed by atoms with Crippen LogP contribution in [-0.4, -0.2) is 23.9 Å². The summed E-state index contributed by atoms with van der Waals surface area (Å²) >= 11 is 0. The Labute approximate surface area is 96.5 Å². The largest absolute Gasteiger partial charge is 0.357 e. The van der Waals surface area contributed by atoms with Crippen molar-refractivity contribution < 1.29 is 4.79 Å². The zero-order chi connectivity index (χ0) is 11.5.